The quantitative estimate of drug-likeness (QED) is 0.707. The third-order valence-corrected chi connectivity index (χ3v) is 4.76. The van der Waals surface area contributed by atoms with Crippen molar-refractivity contribution in [3.8, 4) is 11.4 Å². The summed E-state index contributed by atoms with van der Waals surface area (Å²) < 4.78 is 7.44. The third kappa shape index (κ3) is 3.55. The molecule has 1 amide bonds. The maximum absolute atomic E-state index is 12.4. The maximum atomic E-state index is 12.4. The van der Waals surface area contributed by atoms with Gasteiger partial charge in [0.1, 0.15) is 11.6 Å². The van der Waals surface area contributed by atoms with Gasteiger partial charge < -0.3 is 10.1 Å². The molecule has 2 aromatic carbocycles. The first-order chi connectivity index (χ1) is 13.0. The summed E-state index contributed by atoms with van der Waals surface area (Å²) in [6, 6.07) is 15.3. The first-order valence-electron chi connectivity index (χ1n) is 8.91. The van der Waals surface area contributed by atoms with Gasteiger partial charge in [-0.25, -0.2) is 4.68 Å². The van der Waals surface area contributed by atoms with Crippen molar-refractivity contribution >= 4 is 23.3 Å². The number of amides is 1. The molecule has 6 heteroatoms. The molecule has 1 aliphatic rings. The first kappa shape index (κ1) is 17.6. The number of nitrogens with one attached hydrogen (secondary N) is 1. The lowest BCUT2D eigenvalue weighted by Crippen LogP contribution is -2.24. The fourth-order valence-corrected chi connectivity index (χ4v) is 3.56. The van der Waals surface area contributed by atoms with Gasteiger partial charge >= 0.3 is 0 Å². The third-order valence-electron chi connectivity index (χ3n) is 4.53. The first-order valence-corrected chi connectivity index (χ1v) is 9.29. The molecule has 1 aromatic heterocycles. The van der Waals surface area contributed by atoms with Crippen LogP contribution in [0.15, 0.2) is 54.7 Å². The number of halogens is 1. The second-order valence-corrected chi connectivity index (χ2v) is 7.32. The molecule has 0 fully saturated rings. The Morgan fingerprint density at radius 2 is 2.00 bits per heavy atom. The molecule has 0 bridgehead atoms. The van der Waals surface area contributed by atoms with Gasteiger partial charge in [0.15, 0.2) is 0 Å². The number of ether oxygens (including phenoxy) is 1. The zero-order valence-electron chi connectivity index (χ0n) is 15.1. The summed E-state index contributed by atoms with van der Waals surface area (Å²) in [5.41, 5.74) is 2.87. The number of benzene rings is 2. The Morgan fingerprint density at radius 3 is 2.70 bits per heavy atom. The lowest BCUT2D eigenvalue weighted by Gasteiger charge is -2.24. The highest BCUT2D eigenvalue weighted by molar-refractivity contribution is 6.30. The number of hydrogen-bond acceptors (Lipinski definition) is 3. The van der Waals surface area contributed by atoms with E-state index in [0.717, 1.165) is 22.6 Å². The summed E-state index contributed by atoms with van der Waals surface area (Å²) in [5.74, 6) is 1.44. The number of fused-ring (bicyclic) bond motifs is 1. The van der Waals surface area contributed by atoms with Crippen LogP contribution in [0.5, 0.6) is 5.75 Å². The number of anilines is 1. The molecular weight excluding hydrogens is 362 g/mol. The number of hydrogen-bond donors (Lipinski definition) is 1. The topological polar surface area (TPSA) is 56.1 Å². The highest BCUT2D eigenvalue weighted by Gasteiger charge is 2.30. The molecular formula is C21H20ClN3O2. The van der Waals surface area contributed by atoms with Crippen LogP contribution in [0.3, 0.4) is 0 Å². The fourth-order valence-electron chi connectivity index (χ4n) is 3.37. The summed E-state index contributed by atoms with van der Waals surface area (Å²) in [6.45, 7) is 3.99. The number of carbonyl (C=O) groups excluding carboxylic acids is 1. The SMILES string of the molecule is CC(C)Oc1ccc(C2CC(=O)Nc3c2cnn3-c2cccc(Cl)c2)cc1. The monoisotopic (exact) mass is 381 g/mol. The molecule has 3 aromatic rings. The van der Waals surface area contributed by atoms with E-state index in [4.69, 9.17) is 16.3 Å². The Balaban J connectivity index is 1.71. The fraction of sp³-hybridized carbons (Fsp3) is 0.238. The molecule has 5 nitrogen and oxygen atoms in total. The minimum Gasteiger partial charge on any atom is -0.491 e. The van der Waals surface area contributed by atoms with Crippen molar-refractivity contribution in [1.29, 1.82) is 0 Å². The van der Waals surface area contributed by atoms with Crippen molar-refractivity contribution in [2.75, 3.05) is 5.32 Å². The average molecular weight is 382 g/mol. The zero-order chi connectivity index (χ0) is 19.0. The molecule has 1 aliphatic heterocycles. The van der Waals surface area contributed by atoms with E-state index in [9.17, 15) is 4.79 Å². The predicted octanol–water partition coefficient (Wildman–Crippen LogP) is 4.79. The van der Waals surface area contributed by atoms with Crippen molar-refractivity contribution in [3.05, 3.63) is 70.9 Å². The molecule has 0 aliphatic carbocycles. The van der Waals surface area contributed by atoms with Gasteiger partial charge in [0, 0.05) is 22.9 Å². The van der Waals surface area contributed by atoms with E-state index in [1.54, 1.807) is 4.68 Å². The molecule has 0 spiro atoms. The van der Waals surface area contributed by atoms with Crippen molar-refractivity contribution in [2.24, 2.45) is 0 Å². The molecule has 0 radical (unpaired) electrons. The second-order valence-electron chi connectivity index (χ2n) is 6.88. The smallest absolute Gasteiger partial charge is 0.226 e. The van der Waals surface area contributed by atoms with E-state index < -0.39 is 0 Å². The minimum atomic E-state index is -0.0465. The van der Waals surface area contributed by atoms with Gasteiger partial charge in [-0.1, -0.05) is 29.8 Å². The summed E-state index contributed by atoms with van der Waals surface area (Å²) in [5, 5.41) is 8.07. The van der Waals surface area contributed by atoms with Gasteiger partial charge in [-0.15, -0.1) is 0 Å². The Morgan fingerprint density at radius 1 is 1.22 bits per heavy atom. The molecule has 1 unspecified atom stereocenters. The summed E-state index contributed by atoms with van der Waals surface area (Å²) in [7, 11) is 0. The molecule has 0 saturated heterocycles. The van der Waals surface area contributed by atoms with Crippen molar-refractivity contribution < 1.29 is 9.53 Å². The Kier molecular flexibility index (Phi) is 4.62. The van der Waals surface area contributed by atoms with Crippen LogP contribution in [0.25, 0.3) is 5.69 Å². The normalized spacial score (nSPS) is 16.1. The van der Waals surface area contributed by atoms with E-state index in [2.05, 4.69) is 10.4 Å². The van der Waals surface area contributed by atoms with Crippen LogP contribution in [0.2, 0.25) is 5.02 Å². The van der Waals surface area contributed by atoms with E-state index >= 15 is 0 Å². The second kappa shape index (κ2) is 7.08. The summed E-state index contributed by atoms with van der Waals surface area (Å²) in [4.78, 5) is 12.4. The highest BCUT2D eigenvalue weighted by Crippen LogP contribution is 2.38. The van der Waals surface area contributed by atoms with Gasteiger partial charge in [0.2, 0.25) is 5.91 Å². The van der Waals surface area contributed by atoms with Crippen LogP contribution < -0.4 is 10.1 Å². The van der Waals surface area contributed by atoms with Crippen LogP contribution in [-0.4, -0.2) is 21.8 Å². The van der Waals surface area contributed by atoms with Gasteiger partial charge in [0.05, 0.1) is 18.0 Å². The van der Waals surface area contributed by atoms with Gasteiger partial charge in [-0.3, -0.25) is 4.79 Å². The largest absolute Gasteiger partial charge is 0.491 e. The van der Waals surface area contributed by atoms with E-state index in [0.29, 0.717) is 17.3 Å². The standard InChI is InChI=1S/C21H20ClN3O2/c1-13(2)27-17-8-6-14(7-9-17)18-11-20(26)24-21-19(18)12-23-25(21)16-5-3-4-15(22)10-16/h3-10,12-13,18H,11H2,1-2H3,(H,24,26). The minimum absolute atomic E-state index is 0.0289. The Labute approximate surface area is 162 Å². The number of nitrogens with zero attached hydrogens (tertiary/aromatic N) is 2. The average Bonchev–Trinajstić information content (AvgIpc) is 3.05. The van der Waals surface area contributed by atoms with Crippen LogP contribution in [0, 0.1) is 0 Å². The van der Waals surface area contributed by atoms with E-state index in [-0.39, 0.29) is 17.9 Å². The molecule has 4 rings (SSSR count). The van der Waals surface area contributed by atoms with Crippen LogP contribution in [-0.2, 0) is 4.79 Å². The van der Waals surface area contributed by atoms with Crippen molar-refractivity contribution in [1.82, 2.24) is 9.78 Å². The highest BCUT2D eigenvalue weighted by atomic mass is 35.5. The van der Waals surface area contributed by atoms with Crippen molar-refractivity contribution in [2.45, 2.75) is 32.3 Å². The maximum Gasteiger partial charge on any atom is 0.226 e. The van der Waals surface area contributed by atoms with Gasteiger partial charge in [0.25, 0.3) is 0 Å². The molecule has 138 valence electrons. The van der Waals surface area contributed by atoms with Gasteiger partial charge in [-0.2, -0.15) is 5.10 Å². The predicted molar refractivity (Wildman–Crippen MR) is 106 cm³/mol. The molecule has 2 heterocycles. The van der Waals surface area contributed by atoms with Crippen LogP contribution in [0.4, 0.5) is 5.82 Å². The number of aromatic nitrogens is 2. The Bertz CT molecular complexity index is 979. The molecule has 1 N–H and O–H groups in total. The van der Waals surface area contributed by atoms with Crippen LogP contribution >= 0.6 is 11.6 Å². The zero-order valence-corrected chi connectivity index (χ0v) is 15.9. The lowest BCUT2D eigenvalue weighted by atomic mass is 9.87. The lowest BCUT2D eigenvalue weighted by molar-refractivity contribution is -0.116. The summed E-state index contributed by atoms with van der Waals surface area (Å²) in [6.07, 6.45) is 2.33. The van der Waals surface area contributed by atoms with Gasteiger partial charge in [-0.05, 0) is 49.7 Å². The Hall–Kier alpha value is -2.79. The summed E-state index contributed by atoms with van der Waals surface area (Å²) >= 11 is 6.11. The van der Waals surface area contributed by atoms with E-state index in [1.807, 2.05) is 68.6 Å². The van der Waals surface area contributed by atoms with Crippen LogP contribution in [0.1, 0.15) is 37.3 Å². The number of rotatable bonds is 4. The molecule has 1 atom stereocenters. The number of carbonyl (C=O) groups is 1. The molecule has 27 heavy (non-hydrogen) atoms. The van der Waals surface area contributed by atoms with E-state index in [1.165, 1.54) is 0 Å². The van der Waals surface area contributed by atoms with Crippen molar-refractivity contribution in [3.63, 3.8) is 0 Å². The molecule has 0 saturated carbocycles.